The molecule has 0 spiro atoms. The smallest absolute Gasteiger partial charge is 0.333 e. The van der Waals surface area contributed by atoms with Crippen LogP contribution in [-0.2, 0) is 9.53 Å². The molecule has 0 N–H and O–H groups in total. The van der Waals surface area contributed by atoms with Gasteiger partial charge in [-0.25, -0.2) is 9.18 Å². The first-order chi connectivity index (χ1) is 7.56. The molecule has 1 aromatic carbocycles. The summed E-state index contributed by atoms with van der Waals surface area (Å²) in [7, 11) is 0. The van der Waals surface area contributed by atoms with Gasteiger partial charge in [0.25, 0.3) is 0 Å². The zero-order valence-electron chi connectivity index (χ0n) is 9.71. The molecule has 0 saturated carbocycles. The Balaban J connectivity index is 2.99. The SMILES string of the molecule is CCOC(=O)/C(C)=C(/C)c1ccc(F)cc1. The van der Waals surface area contributed by atoms with Crippen LogP contribution in [0.5, 0.6) is 0 Å². The minimum atomic E-state index is -0.329. The third-order valence-electron chi connectivity index (χ3n) is 2.42. The average molecular weight is 222 g/mol. The summed E-state index contributed by atoms with van der Waals surface area (Å²) in [5.74, 6) is -0.616. The van der Waals surface area contributed by atoms with E-state index < -0.39 is 0 Å². The Kier molecular flexibility index (Phi) is 4.23. The molecule has 0 radical (unpaired) electrons. The first-order valence-electron chi connectivity index (χ1n) is 5.16. The van der Waals surface area contributed by atoms with Crippen molar-refractivity contribution in [2.75, 3.05) is 6.61 Å². The zero-order valence-corrected chi connectivity index (χ0v) is 9.71. The number of esters is 1. The van der Waals surface area contributed by atoms with Crippen LogP contribution in [-0.4, -0.2) is 12.6 Å². The number of halogens is 1. The van der Waals surface area contributed by atoms with Gasteiger partial charge in [0.2, 0.25) is 0 Å². The standard InChI is InChI=1S/C13H15FO2/c1-4-16-13(15)10(3)9(2)11-5-7-12(14)8-6-11/h5-8H,4H2,1-3H3/b10-9-. The van der Waals surface area contributed by atoms with Crippen molar-refractivity contribution in [1.29, 1.82) is 0 Å². The van der Waals surface area contributed by atoms with E-state index in [-0.39, 0.29) is 11.8 Å². The topological polar surface area (TPSA) is 26.3 Å². The van der Waals surface area contributed by atoms with Crippen molar-refractivity contribution in [1.82, 2.24) is 0 Å². The Hall–Kier alpha value is -1.64. The summed E-state index contributed by atoms with van der Waals surface area (Å²) in [6.07, 6.45) is 0. The Labute approximate surface area is 94.7 Å². The van der Waals surface area contributed by atoms with E-state index in [9.17, 15) is 9.18 Å². The van der Waals surface area contributed by atoms with Gasteiger partial charge in [0.1, 0.15) is 5.82 Å². The van der Waals surface area contributed by atoms with Crippen molar-refractivity contribution < 1.29 is 13.9 Å². The molecule has 0 fully saturated rings. The van der Waals surface area contributed by atoms with Crippen molar-refractivity contribution in [3.05, 3.63) is 41.2 Å². The van der Waals surface area contributed by atoms with Crippen molar-refractivity contribution in [2.45, 2.75) is 20.8 Å². The molecule has 0 amide bonds. The van der Waals surface area contributed by atoms with E-state index in [1.165, 1.54) is 12.1 Å². The fourth-order valence-electron chi connectivity index (χ4n) is 1.31. The van der Waals surface area contributed by atoms with Gasteiger partial charge in [-0.3, -0.25) is 0 Å². The highest BCUT2D eigenvalue weighted by Gasteiger charge is 2.09. The second-order valence-corrected chi connectivity index (χ2v) is 3.48. The van der Waals surface area contributed by atoms with Crippen molar-refractivity contribution in [3.63, 3.8) is 0 Å². The summed E-state index contributed by atoms with van der Waals surface area (Å²) in [6, 6.07) is 6.04. The predicted octanol–water partition coefficient (Wildman–Crippen LogP) is 3.18. The highest BCUT2D eigenvalue weighted by Crippen LogP contribution is 2.19. The molecule has 0 aliphatic rings. The average Bonchev–Trinajstić information content (AvgIpc) is 2.28. The molecule has 3 heteroatoms. The van der Waals surface area contributed by atoms with Gasteiger partial charge in [-0.2, -0.15) is 0 Å². The molecule has 0 unspecified atom stereocenters. The molecular weight excluding hydrogens is 207 g/mol. The van der Waals surface area contributed by atoms with Gasteiger partial charge in [0, 0.05) is 5.57 Å². The molecule has 2 nitrogen and oxygen atoms in total. The lowest BCUT2D eigenvalue weighted by atomic mass is 10.0. The molecule has 0 bridgehead atoms. The molecular formula is C13H15FO2. The van der Waals surface area contributed by atoms with E-state index in [4.69, 9.17) is 4.74 Å². The molecule has 0 atom stereocenters. The molecule has 16 heavy (non-hydrogen) atoms. The fourth-order valence-corrected chi connectivity index (χ4v) is 1.31. The van der Waals surface area contributed by atoms with Crippen LogP contribution >= 0.6 is 0 Å². The number of carbonyl (C=O) groups is 1. The van der Waals surface area contributed by atoms with Crippen molar-refractivity contribution >= 4 is 11.5 Å². The summed E-state index contributed by atoms with van der Waals surface area (Å²) in [5, 5.41) is 0. The van der Waals surface area contributed by atoms with Crippen LogP contribution in [0.3, 0.4) is 0 Å². The monoisotopic (exact) mass is 222 g/mol. The first-order valence-corrected chi connectivity index (χ1v) is 5.16. The Morgan fingerprint density at radius 2 is 1.81 bits per heavy atom. The zero-order chi connectivity index (χ0) is 12.1. The van der Waals surface area contributed by atoms with Crippen LogP contribution in [0, 0.1) is 5.82 Å². The summed E-state index contributed by atoms with van der Waals surface area (Å²) >= 11 is 0. The predicted molar refractivity (Wildman–Crippen MR) is 61.3 cm³/mol. The van der Waals surface area contributed by atoms with Gasteiger partial charge in [-0.15, -0.1) is 0 Å². The largest absolute Gasteiger partial charge is 0.463 e. The number of carbonyl (C=O) groups excluding carboxylic acids is 1. The van der Waals surface area contributed by atoms with Crippen LogP contribution in [0.15, 0.2) is 29.8 Å². The van der Waals surface area contributed by atoms with Crippen LogP contribution in [0.25, 0.3) is 5.57 Å². The number of ether oxygens (including phenoxy) is 1. The minimum absolute atomic E-state index is 0.287. The number of hydrogen-bond donors (Lipinski definition) is 0. The van der Waals surface area contributed by atoms with Crippen LogP contribution in [0.4, 0.5) is 4.39 Å². The number of allylic oxidation sites excluding steroid dienone is 1. The Morgan fingerprint density at radius 3 is 2.31 bits per heavy atom. The second kappa shape index (κ2) is 5.45. The molecule has 1 rings (SSSR count). The highest BCUT2D eigenvalue weighted by atomic mass is 19.1. The van der Waals surface area contributed by atoms with E-state index in [0.717, 1.165) is 11.1 Å². The van der Waals surface area contributed by atoms with Gasteiger partial charge in [-0.1, -0.05) is 12.1 Å². The summed E-state index contributed by atoms with van der Waals surface area (Å²) in [5.41, 5.74) is 2.18. The third-order valence-corrected chi connectivity index (χ3v) is 2.42. The molecule has 0 saturated heterocycles. The van der Waals surface area contributed by atoms with Gasteiger partial charge in [0.05, 0.1) is 6.61 Å². The van der Waals surface area contributed by atoms with E-state index in [0.29, 0.717) is 12.2 Å². The van der Waals surface area contributed by atoms with E-state index in [1.54, 1.807) is 26.0 Å². The lowest BCUT2D eigenvalue weighted by molar-refractivity contribution is -0.138. The molecule has 0 aromatic heterocycles. The maximum Gasteiger partial charge on any atom is 0.333 e. The van der Waals surface area contributed by atoms with Gasteiger partial charge < -0.3 is 4.74 Å². The van der Waals surface area contributed by atoms with Crippen LogP contribution in [0.2, 0.25) is 0 Å². The van der Waals surface area contributed by atoms with Crippen molar-refractivity contribution in [3.8, 4) is 0 Å². The summed E-state index contributed by atoms with van der Waals surface area (Å²) in [4.78, 5) is 11.5. The third kappa shape index (κ3) is 2.92. The van der Waals surface area contributed by atoms with E-state index in [2.05, 4.69) is 0 Å². The lowest BCUT2D eigenvalue weighted by Crippen LogP contribution is -2.06. The molecule has 86 valence electrons. The maximum absolute atomic E-state index is 12.7. The van der Waals surface area contributed by atoms with Gasteiger partial charge >= 0.3 is 5.97 Å². The normalized spacial score (nSPS) is 12.0. The second-order valence-electron chi connectivity index (χ2n) is 3.48. The van der Waals surface area contributed by atoms with Crippen LogP contribution in [0.1, 0.15) is 26.3 Å². The maximum atomic E-state index is 12.7. The summed E-state index contributed by atoms with van der Waals surface area (Å²) < 4.78 is 17.6. The molecule has 0 aliphatic heterocycles. The van der Waals surface area contributed by atoms with Crippen molar-refractivity contribution in [2.24, 2.45) is 0 Å². The molecule has 1 aromatic rings. The minimum Gasteiger partial charge on any atom is -0.463 e. The highest BCUT2D eigenvalue weighted by molar-refractivity contribution is 5.96. The summed E-state index contributed by atoms with van der Waals surface area (Å²) in [6.45, 7) is 5.64. The Morgan fingerprint density at radius 1 is 1.25 bits per heavy atom. The number of rotatable bonds is 3. The molecule has 0 heterocycles. The van der Waals surface area contributed by atoms with E-state index in [1.807, 2.05) is 6.92 Å². The van der Waals surface area contributed by atoms with Gasteiger partial charge in [0.15, 0.2) is 0 Å². The van der Waals surface area contributed by atoms with Crippen LogP contribution < -0.4 is 0 Å². The quantitative estimate of drug-likeness (QED) is 0.580. The molecule has 0 aliphatic carbocycles. The number of hydrogen-bond acceptors (Lipinski definition) is 2. The van der Waals surface area contributed by atoms with Gasteiger partial charge in [-0.05, 0) is 44.0 Å². The first kappa shape index (κ1) is 12.4. The number of benzene rings is 1. The lowest BCUT2D eigenvalue weighted by Gasteiger charge is -2.07. The fraction of sp³-hybridized carbons (Fsp3) is 0.308. The Bertz CT molecular complexity index is 404. The van der Waals surface area contributed by atoms with E-state index >= 15 is 0 Å².